The molecule has 1 atom stereocenters. The number of ether oxygens (including phenoxy) is 1. The molecule has 3 aromatic rings. The molecule has 4 rings (SSSR count). The summed E-state index contributed by atoms with van der Waals surface area (Å²) in [5, 5.41) is 0.637. The predicted octanol–water partition coefficient (Wildman–Crippen LogP) is 3.61. The molecular formula is C20H19FN2O3S. The fourth-order valence-electron chi connectivity index (χ4n) is 3.56. The zero-order valence-electron chi connectivity index (χ0n) is 15.1. The highest BCUT2D eigenvalue weighted by Gasteiger charge is 2.23. The average molecular weight is 386 g/mol. The van der Waals surface area contributed by atoms with E-state index < -0.39 is 5.82 Å². The van der Waals surface area contributed by atoms with Gasteiger partial charge in [0.25, 0.3) is 5.56 Å². The van der Waals surface area contributed by atoms with Crippen molar-refractivity contribution >= 4 is 27.3 Å². The molecule has 0 bridgehead atoms. The van der Waals surface area contributed by atoms with Crippen molar-refractivity contribution < 1.29 is 13.9 Å². The Morgan fingerprint density at radius 2 is 2.26 bits per heavy atom. The van der Waals surface area contributed by atoms with E-state index >= 15 is 0 Å². The topological polar surface area (TPSA) is 61.2 Å². The summed E-state index contributed by atoms with van der Waals surface area (Å²) in [6, 6.07) is 4.03. The van der Waals surface area contributed by atoms with Gasteiger partial charge in [0.15, 0.2) is 17.3 Å². The molecule has 0 spiro atoms. The number of methoxy groups -OCH3 is 1. The number of aryl methyl sites for hydroxylation is 1. The Bertz CT molecular complexity index is 1100. The quantitative estimate of drug-likeness (QED) is 0.643. The van der Waals surface area contributed by atoms with Crippen LogP contribution < -0.4 is 10.3 Å². The lowest BCUT2D eigenvalue weighted by Gasteiger charge is -2.17. The number of thiophene rings is 1. The molecule has 0 aliphatic heterocycles. The molecule has 27 heavy (non-hydrogen) atoms. The Morgan fingerprint density at radius 3 is 3.00 bits per heavy atom. The van der Waals surface area contributed by atoms with Crippen LogP contribution in [0.3, 0.4) is 0 Å². The van der Waals surface area contributed by atoms with E-state index in [9.17, 15) is 14.0 Å². The highest BCUT2D eigenvalue weighted by atomic mass is 32.1. The number of aromatic nitrogens is 2. The van der Waals surface area contributed by atoms with Crippen LogP contribution in [0.1, 0.15) is 34.1 Å². The minimum atomic E-state index is -0.606. The van der Waals surface area contributed by atoms with E-state index in [0.29, 0.717) is 11.3 Å². The Kier molecular flexibility index (Phi) is 4.55. The second-order valence-corrected chi connectivity index (χ2v) is 8.07. The fourth-order valence-corrected chi connectivity index (χ4v) is 4.91. The average Bonchev–Trinajstić information content (AvgIpc) is 3.02. The van der Waals surface area contributed by atoms with Crippen LogP contribution in [-0.4, -0.2) is 22.4 Å². The van der Waals surface area contributed by atoms with Crippen molar-refractivity contribution in [2.24, 2.45) is 5.92 Å². The number of hydrogen-bond acceptors (Lipinski definition) is 5. The Hall–Kier alpha value is -2.54. The molecule has 0 amide bonds. The molecule has 5 nitrogen and oxygen atoms in total. The number of carbonyl (C=O) groups excluding carboxylic acids is 1. The van der Waals surface area contributed by atoms with E-state index in [-0.39, 0.29) is 29.2 Å². The molecular weight excluding hydrogens is 367 g/mol. The monoisotopic (exact) mass is 386 g/mol. The number of halogens is 1. The first-order valence-corrected chi connectivity index (χ1v) is 9.66. The minimum absolute atomic E-state index is 0.0749. The standard InChI is InChI=1S/C20H19FN2O3S/c1-11-3-5-13-17(7-11)27-19-18(13)20(25)23(10-22-19)9-15(24)12-4-6-16(26-2)14(21)8-12/h4,6,8,10-11H,3,5,7,9H2,1-2H3. The minimum Gasteiger partial charge on any atom is -0.494 e. The first-order chi connectivity index (χ1) is 13.0. The van der Waals surface area contributed by atoms with Crippen LogP contribution in [0.15, 0.2) is 29.3 Å². The summed E-state index contributed by atoms with van der Waals surface area (Å²) in [6.45, 7) is 2.04. The van der Waals surface area contributed by atoms with Crippen LogP contribution in [0.5, 0.6) is 5.75 Å². The van der Waals surface area contributed by atoms with Crippen LogP contribution in [-0.2, 0) is 19.4 Å². The Morgan fingerprint density at radius 1 is 1.44 bits per heavy atom. The normalized spacial score (nSPS) is 16.3. The van der Waals surface area contributed by atoms with Crippen molar-refractivity contribution in [1.82, 2.24) is 9.55 Å². The number of hydrogen-bond donors (Lipinski definition) is 0. The van der Waals surface area contributed by atoms with Crippen molar-refractivity contribution in [3.05, 3.63) is 56.7 Å². The summed E-state index contributed by atoms with van der Waals surface area (Å²) in [5.41, 5.74) is 1.08. The van der Waals surface area contributed by atoms with Gasteiger partial charge in [-0.3, -0.25) is 14.2 Å². The Balaban J connectivity index is 1.68. The third kappa shape index (κ3) is 3.16. The van der Waals surface area contributed by atoms with E-state index in [2.05, 4.69) is 11.9 Å². The van der Waals surface area contributed by atoms with Crippen molar-refractivity contribution in [2.75, 3.05) is 7.11 Å². The molecule has 0 radical (unpaired) electrons. The molecule has 0 saturated heterocycles. The van der Waals surface area contributed by atoms with Gasteiger partial charge in [-0.2, -0.15) is 0 Å². The van der Waals surface area contributed by atoms with Gasteiger partial charge in [0.2, 0.25) is 0 Å². The maximum absolute atomic E-state index is 13.9. The van der Waals surface area contributed by atoms with E-state index in [1.54, 1.807) is 11.3 Å². The van der Waals surface area contributed by atoms with Gasteiger partial charge in [0.1, 0.15) is 4.83 Å². The number of ketones is 1. The van der Waals surface area contributed by atoms with Crippen molar-refractivity contribution in [3.63, 3.8) is 0 Å². The van der Waals surface area contributed by atoms with Crippen LogP contribution >= 0.6 is 11.3 Å². The third-order valence-electron chi connectivity index (χ3n) is 5.07. The second-order valence-electron chi connectivity index (χ2n) is 6.98. The van der Waals surface area contributed by atoms with Crippen molar-refractivity contribution in [3.8, 4) is 5.75 Å². The summed E-state index contributed by atoms with van der Waals surface area (Å²) in [4.78, 5) is 31.9. The summed E-state index contributed by atoms with van der Waals surface area (Å²) < 4.78 is 20.0. The molecule has 0 saturated carbocycles. The van der Waals surface area contributed by atoms with Gasteiger partial charge in [0.05, 0.1) is 25.4 Å². The highest BCUT2D eigenvalue weighted by molar-refractivity contribution is 7.18. The van der Waals surface area contributed by atoms with Gasteiger partial charge < -0.3 is 4.74 Å². The number of fused-ring (bicyclic) bond motifs is 3. The first-order valence-electron chi connectivity index (χ1n) is 8.84. The van der Waals surface area contributed by atoms with Crippen LogP contribution in [0.2, 0.25) is 0 Å². The number of carbonyl (C=O) groups is 1. The lowest BCUT2D eigenvalue weighted by molar-refractivity contribution is 0.0970. The first kappa shape index (κ1) is 17.9. The Labute approximate surface area is 159 Å². The van der Waals surface area contributed by atoms with E-state index in [4.69, 9.17) is 4.74 Å². The SMILES string of the molecule is COc1ccc(C(=O)Cn2cnc3sc4c(c3c2=O)CCC(C)C4)cc1F. The molecule has 1 aliphatic carbocycles. The van der Waals surface area contributed by atoms with Gasteiger partial charge in [0, 0.05) is 10.4 Å². The molecule has 2 heterocycles. The van der Waals surface area contributed by atoms with Crippen molar-refractivity contribution in [2.45, 2.75) is 32.7 Å². The van der Waals surface area contributed by atoms with Crippen molar-refractivity contribution in [1.29, 1.82) is 0 Å². The molecule has 1 aliphatic rings. The zero-order valence-corrected chi connectivity index (χ0v) is 15.9. The lowest BCUT2D eigenvalue weighted by atomic mass is 9.89. The maximum Gasteiger partial charge on any atom is 0.262 e. The highest BCUT2D eigenvalue weighted by Crippen LogP contribution is 2.35. The maximum atomic E-state index is 13.9. The fraction of sp³-hybridized carbons (Fsp3) is 0.350. The van der Waals surface area contributed by atoms with Crippen LogP contribution in [0.4, 0.5) is 4.39 Å². The number of benzene rings is 1. The van der Waals surface area contributed by atoms with Gasteiger partial charge in [-0.05, 0) is 48.9 Å². The molecule has 2 aromatic heterocycles. The largest absolute Gasteiger partial charge is 0.494 e. The van der Waals surface area contributed by atoms with E-state index in [0.717, 1.165) is 35.7 Å². The van der Waals surface area contributed by atoms with Gasteiger partial charge in [-0.25, -0.2) is 9.37 Å². The van der Waals surface area contributed by atoms with Gasteiger partial charge >= 0.3 is 0 Å². The van der Waals surface area contributed by atoms with Crippen LogP contribution in [0, 0.1) is 11.7 Å². The summed E-state index contributed by atoms with van der Waals surface area (Å²) >= 11 is 1.57. The molecule has 0 fully saturated rings. The summed E-state index contributed by atoms with van der Waals surface area (Å²) in [6.07, 6.45) is 4.31. The number of Topliss-reactive ketones (excluding diaryl/α,β-unsaturated/α-hetero) is 1. The number of nitrogens with zero attached hydrogens (tertiary/aromatic N) is 2. The third-order valence-corrected chi connectivity index (χ3v) is 6.23. The second kappa shape index (κ2) is 6.88. The number of rotatable bonds is 4. The molecule has 7 heteroatoms. The molecule has 140 valence electrons. The van der Waals surface area contributed by atoms with Gasteiger partial charge in [-0.1, -0.05) is 6.92 Å². The predicted molar refractivity (Wildman–Crippen MR) is 102 cm³/mol. The summed E-state index contributed by atoms with van der Waals surface area (Å²) in [5.74, 6) is -0.270. The van der Waals surface area contributed by atoms with E-state index in [1.165, 1.54) is 35.0 Å². The van der Waals surface area contributed by atoms with Gasteiger partial charge in [-0.15, -0.1) is 11.3 Å². The zero-order chi connectivity index (χ0) is 19.1. The summed E-state index contributed by atoms with van der Waals surface area (Å²) in [7, 11) is 1.36. The molecule has 0 N–H and O–H groups in total. The smallest absolute Gasteiger partial charge is 0.262 e. The van der Waals surface area contributed by atoms with E-state index in [1.807, 2.05) is 0 Å². The molecule has 1 aromatic carbocycles. The molecule has 1 unspecified atom stereocenters. The van der Waals surface area contributed by atoms with Crippen LogP contribution in [0.25, 0.3) is 10.2 Å². The lowest BCUT2D eigenvalue weighted by Crippen LogP contribution is -2.25.